The van der Waals surface area contributed by atoms with Gasteiger partial charge in [0.25, 0.3) is 0 Å². The van der Waals surface area contributed by atoms with Crippen molar-refractivity contribution in [1.29, 1.82) is 0 Å². The van der Waals surface area contributed by atoms with Crippen LogP contribution in [0.2, 0.25) is 0 Å². The average Bonchev–Trinajstić information content (AvgIpc) is 2.98. The topological polar surface area (TPSA) is 120 Å². The summed E-state index contributed by atoms with van der Waals surface area (Å²) in [7, 11) is 3.28. The lowest BCUT2D eigenvalue weighted by Crippen LogP contribution is -2.58. The van der Waals surface area contributed by atoms with Gasteiger partial charge in [-0.1, -0.05) is 63.2 Å². The Bertz CT molecular complexity index is 1260. The van der Waals surface area contributed by atoms with Crippen LogP contribution in [0.1, 0.15) is 38.8 Å². The van der Waals surface area contributed by atoms with Gasteiger partial charge in [-0.15, -0.1) is 0 Å². The number of amides is 4. The van der Waals surface area contributed by atoms with Gasteiger partial charge in [-0.05, 0) is 49.1 Å². The Morgan fingerprint density at radius 1 is 0.952 bits per heavy atom. The molecule has 0 saturated heterocycles. The van der Waals surface area contributed by atoms with Crippen molar-refractivity contribution in [2.24, 2.45) is 5.41 Å². The number of carbonyl (C=O) groups excluding carboxylic acids is 4. The van der Waals surface area contributed by atoms with E-state index in [-0.39, 0.29) is 18.4 Å². The van der Waals surface area contributed by atoms with Crippen LogP contribution in [0.15, 0.2) is 67.0 Å². The van der Waals surface area contributed by atoms with Crippen LogP contribution in [0.3, 0.4) is 0 Å². The number of rotatable bonds is 12. The monoisotopic (exact) mass is 577 g/mol. The third kappa shape index (κ3) is 8.66. The van der Waals surface area contributed by atoms with E-state index < -0.39 is 35.4 Å². The largest absolute Gasteiger partial charge is 0.497 e. The standard InChI is InChI=1S/C32H43N5O5/c1-22(33-5)29(39)35-28(32(2,3)4)30(40)34-21-27(38)37-19-18-36(17-16-23-12-14-25(42-6)15-13-23)31(41)26(37)20-24-10-8-7-9-11-24/h7-15,18-19,22,26,28,33H,16-17,20-21H2,1-6H3,(H,34,40)(H,35,39)/t22-,26-,28+/m0/s1. The summed E-state index contributed by atoms with van der Waals surface area (Å²) in [6.07, 6.45) is 4.18. The molecule has 42 heavy (non-hydrogen) atoms. The number of hydrogen-bond donors (Lipinski definition) is 3. The smallest absolute Gasteiger partial charge is 0.250 e. The Hall–Kier alpha value is -4.18. The van der Waals surface area contributed by atoms with Crippen molar-refractivity contribution in [2.75, 3.05) is 27.2 Å². The molecule has 1 aliphatic heterocycles. The number of nitrogens with one attached hydrogen (secondary N) is 3. The fourth-order valence-electron chi connectivity index (χ4n) is 4.58. The second-order valence-corrected chi connectivity index (χ2v) is 11.5. The molecule has 1 aliphatic rings. The normalized spacial score (nSPS) is 16.5. The van der Waals surface area contributed by atoms with Crippen LogP contribution in [0, 0.1) is 5.41 Å². The number of benzene rings is 2. The molecule has 0 unspecified atom stereocenters. The molecule has 0 radical (unpaired) electrons. The average molecular weight is 578 g/mol. The molecule has 0 saturated carbocycles. The highest BCUT2D eigenvalue weighted by atomic mass is 16.5. The van der Waals surface area contributed by atoms with Gasteiger partial charge in [0, 0.05) is 25.4 Å². The van der Waals surface area contributed by atoms with E-state index in [9.17, 15) is 19.2 Å². The van der Waals surface area contributed by atoms with E-state index in [0.717, 1.165) is 16.9 Å². The Morgan fingerprint density at radius 2 is 1.62 bits per heavy atom. The van der Waals surface area contributed by atoms with Gasteiger partial charge in [0.2, 0.25) is 23.6 Å². The van der Waals surface area contributed by atoms with Crippen LogP contribution in [0.4, 0.5) is 0 Å². The van der Waals surface area contributed by atoms with E-state index in [1.807, 2.05) is 75.4 Å². The molecule has 226 valence electrons. The van der Waals surface area contributed by atoms with Crippen molar-refractivity contribution in [3.63, 3.8) is 0 Å². The van der Waals surface area contributed by atoms with Crippen LogP contribution in [0.25, 0.3) is 0 Å². The third-order valence-corrected chi connectivity index (χ3v) is 7.33. The molecule has 1 heterocycles. The van der Waals surface area contributed by atoms with Gasteiger partial charge >= 0.3 is 0 Å². The first-order chi connectivity index (χ1) is 19.9. The number of carbonyl (C=O) groups is 4. The maximum atomic E-state index is 13.7. The minimum atomic E-state index is -0.860. The van der Waals surface area contributed by atoms with Crippen LogP contribution in [0.5, 0.6) is 5.75 Å². The Labute approximate surface area is 248 Å². The Balaban J connectivity index is 1.73. The van der Waals surface area contributed by atoms with Gasteiger partial charge in [-0.25, -0.2) is 0 Å². The molecule has 2 aromatic carbocycles. The summed E-state index contributed by atoms with van der Waals surface area (Å²) in [5.41, 5.74) is 1.37. The van der Waals surface area contributed by atoms with Gasteiger partial charge in [-0.3, -0.25) is 19.2 Å². The maximum Gasteiger partial charge on any atom is 0.250 e. The summed E-state index contributed by atoms with van der Waals surface area (Å²) in [4.78, 5) is 55.8. The fourth-order valence-corrected chi connectivity index (χ4v) is 4.58. The van der Waals surface area contributed by atoms with Crippen molar-refractivity contribution < 1.29 is 23.9 Å². The zero-order valence-electron chi connectivity index (χ0n) is 25.3. The molecule has 0 fully saturated rings. The molecule has 10 heteroatoms. The highest BCUT2D eigenvalue weighted by Gasteiger charge is 2.37. The van der Waals surface area contributed by atoms with E-state index in [0.29, 0.717) is 19.4 Å². The second-order valence-electron chi connectivity index (χ2n) is 11.5. The predicted molar refractivity (Wildman–Crippen MR) is 161 cm³/mol. The molecule has 3 rings (SSSR count). The van der Waals surface area contributed by atoms with Crippen LogP contribution >= 0.6 is 0 Å². The minimum Gasteiger partial charge on any atom is -0.497 e. The summed E-state index contributed by atoms with van der Waals surface area (Å²) < 4.78 is 5.22. The van der Waals surface area contributed by atoms with Crippen LogP contribution in [-0.2, 0) is 32.0 Å². The summed E-state index contributed by atoms with van der Waals surface area (Å²) in [5, 5.41) is 8.32. The zero-order chi connectivity index (χ0) is 30.9. The SMILES string of the molecule is CN[C@@H](C)C(=O)N[C@H](C(=O)NCC(=O)N1C=CN(CCc2ccc(OC)cc2)C(=O)[C@@H]1Cc1ccccc1)C(C)(C)C. The van der Waals surface area contributed by atoms with E-state index in [1.54, 1.807) is 38.4 Å². The van der Waals surface area contributed by atoms with Gasteiger partial charge < -0.3 is 30.5 Å². The first-order valence-electron chi connectivity index (χ1n) is 14.2. The molecule has 4 amide bonds. The van der Waals surface area contributed by atoms with E-state index in [4.69, 9.17) is 4.74 Å². The lowest BCUT2D eigenvalue weighted by molar-refractivity contribution is -0.143. The quantitative estimate of drug-likeness (QED) is 0.356. The molecular weight excluding hydrogens is 534 g/mol. The van der Waals surface area contributed by atoms with Crippen molar-refractivity contribution in [1.82, 2.24) is 25.8 Å². The molecule has 2 aromatic rings. The molecular formula is C32H43N5O5. The number of nitrogens with zero attached hydrogens (tertiary/aromatic N) is 2. The second kappa shape index (κ2) is 14.6. The molecule has 10 nitrogen and oxygen atoms in total. The molecule has 3 N–H and O–H groups in total. The molecule has 0 spiro atoms. The van der Waals surface area contributed by atoms with E-state index in [2.05, 4.69) is 16.0 Å². The first-order valence-corrected chi connectivity index (χ1v) is 14.2. The molecule has 0 bridgehead atoms. The first kappa shape index (κ1) is 32.3. The minimum absolute atomic E-state index is 0.199. The fraction of sp³-hybridized carbons (Fsp3) is 0.438. The molecule has 0 aliphatic carbocycles. The van der Waals surface area contributed by atoms with Crippen molar-refractivity contribution >= 4 is 23.6 Å². The van der Waals surface area contributed by atoms with E-state index in [1.165, 1.54) is 4.90 Å². The van der Waals surface area contributed by atoms with Gasteiger partial charge in [-0.2, -0.15) is 0 Å². The summed E-state index contributed by atoms with van der Waals surface area (Å²) in [5.74, 6) is -0.649. The van der Waals surface area contributed by atoms with Crippen LogP contribution in [-0.4, -0.2) is 78.8 Å². The maximum absolute atomic E-state index is 13.7. The van der Waals surface area contributed by atoms with Gasteiger partial charge in [0.05, 0.1) is 19.7 Å². The summed E-state index contributed by atoms with van der Waals surface area (Å²) in [6.45, 7) is 7.34. The van der Waals surface area contributed by atoms with Crippen molar-refractivity contribution in [3.05, 3.63) is 78.1 Å². The lowest BCUT2D eigenvalue weighted by Gasteiger charge is -2.36. The van der Waals surface area contributed by atoms with Crippen molar-refractivity contribution in [2.45, 2.75) is 58.7 Å². The summed E-state index contributed by atoms with van der Waals surface area (Å²) in [6, 6.07) is 15.1. The number of methoxy groups -OCH3 is 1. The third-order valence-electron chi connectivity index (χ3n) is 7.33. The Kier molecular flexibility index (Phi) is 11.3. The zero-order valence-corrected chi connectivity index (χ0v) is 25.3. The molecule has 3 atom stereocenters. The number of likely N-dealkylation sites (N-methyl/N-ethyl adjacent to an activating group) is 1. The van der Waals surface area contributed by atoms with Gasteiger partial charge in [0.1, 0.15) is 17.8 Å². The lowest BCUT2D eigenvalue weighted by atomic mass is 9.86. The van der Waals surface area contributed by atoms with Crippen molar-refractivity contribution in [3.8, 4) is 5.75 Å². The predicted octanol–water partition coefficient (Wildman–Crippen LogP) is 2.25. The Morgan fingerprint density at radius 3 is 2.21 bits per heavy atom. The molecule has 0 aromatic heterocycles. The van der Waals surface area contributed by atoms with Gasteiger partial charge in [0.15, 0.2) is 0 Å². The van der Waals surface area contributed by atoms with E-state index >= 15 is 0 Å². The highest BCUT2D eigenvalue weighted by molar-refractivity contribution is 5.94. The van der Waals surface area contributed by atoms with Crippen LogP contribution < -0.4 is 20.7 Å². The number of ether oxygens (including phenoxy) is 1. The summed E-state index contributed by atoms with van der Waals surface area (Å²) >= 11 is 0. The number of hydrogen-bond acceptors (Lipinski definition) is 6. The highest BCUT2D eigenvalue weighted by Crippen LogP contribution is 2.21.